The fourth-order valence-electron chi connectivity index (χ4n) is 2.93. The SMILES string of the molecule is CC(C)N1CCN(c2cnc(CN3CCOCC3)s2)CC1. The first-order valence-electron chi connectivity index (χ1n) is 7.96. The van der Waals surface area contributed by atoms with E-state index in [1.54, 1.807) is 0 Å². The van der Waals surface area contributed by atoms with Gasteiger partial charge in [0.2, 0.25) is 0 Å². The molecule has 0 amide bonds. The van der Waals surface area contributed by atoms with E-state index in [0.29, 0.717) is 6.04 Å². The summed E-state index contributed by atoms with van der Waals surface area (Å²) >= 11 is 1.86. The number of morpholine rings is 1. The fourth-order valence-corrected chi connectivity index (χ4v) is 3.94. The van der Waals surface area contributed by atoms with Gasteiger partial charge < -0.3 is 9.64 Å². The monoisotopic (exact) mass is 310 g/mol. The summed E-state index contributed by atoms with van der Waals surface area (Å²) in [5.41, 5.74) is 0. The lowest BCUT2D eigenvalue weighted by molar-refractivity contribution is 0.0341. The van der Waals surface area contributed by atoms with Crippen LogP contribution in [-0.4, -0.2) is 73.3 Å². The number of hydrogen-bond donors (Lipinski definition) is 0. The number of hydrogen-bond acceptors (Lipinski definition) is 6. The molecule has 6 heteroatoms. The normalized spacial score (nSPS) is 22.1. The van der Waals surface area contributed by atoms with Crippen LogP contribution in [0.5, 0.6) is 0 Å². The molecule has 0 radical (unpaired) electrons. The predicted molar refractivity (Wildman–Crippen MR) is 87.1 cm³/mol. The summed E-state index contributed by atoms with van der Waals surface area (Å²) in [5.74, 6) is 0. The smallest absolute Gasteiger partial charge is 0.111 e. The number of thiazole rings is 1. The van der Waals surface area contributed by atoms with Gasteiger partial charge in [0.1, 0.15) is 10.0 Å². The van der Waals surface area contributed by atoms with Crippen molar-refractivity contribution < 1.29 is 4.74 Å². The minimum Gasteiger partial charge on any atom is -0.379 e. The van der Waals surface area contributed by atoms with Gasteiger partial charge in [0, 0.05) is 45.3 Å². The maximum absolute atomic E-state index is 5.40. The van der Waals surface area contributed by atoms with Gasteiger partial charge >= 0.3 is 0 Å². The largest absolute Gasteiger partial charge is 0.379 e. The highest BCUT2D eigenvalue weighted by molar-refractivity contribution is 7.15. The summed E-state index contributed by atoms with van der Waals surface area (Å²) in [6, 6.07) is 0.658. The van der Waals surface area contributed by atoms with Gasteiger partial charge in [-0.3, -0.25) is 9.80 Å². The molecule has 118 valence electrons. The molecule has 0 atom stereocenters. The quantitative estimate of drug-likeness (QED) is 0.841. The Bertz CT molecular complexity index is 437. The van der Waals surface area contributed by atoms with Crippen molar-refractivity contribution in [1.29, 1.82) is 0 Å². The number of ether oxygens (including phenoxy) is 1. The van der Waals surface area contributed by atoms with E-state index in [4.69, 9.17) is 4.74 Å². The van der Waals surface area contributed by atoms with Crippen molar-refractivity contribution in [2.45, 2.75) is 26.4 Å². The van der Waals surface area contributed by atoms with E-state index in [9.17, 15) is 0 Å². The molecule has 2 aliphatic heterocycles. The number of piperazine rings is 1. The van der Waals surface area contributed by atoms with Crippen molar-refractivity contribution in [3.63, 3.8) is 0 Å². The van der Waals surface area contributed by atoms with Crippen molar-refractivity contribution in [1.82, 2.24) is 14.8 Å². The van der Waals surface area contributed by atoms with Crippen LogP contribution in [0.25, 0.3) is 0 Å². The molecule has 5 nitrogen and oxygen atoms in total. The highest BCUT2D eigenvalue weighted by Gasteiger charge is 2.21. The third-order valence-electron chi connectivity index (χ3n) is 4.36. The van der Waals surface area contributed by atoms with Crippen molar-refractivity contribution >= 4 is 16.3 Å². The van der Waals surface area contributed by atoms with Crippen LogP contribution in [0.2, 0.25) is 0 Å². The van der Waals surface area contributed by atoms with E-state index in [2.05, 4.69) is 39.7 Å². The van der Waals surface area contributed by atoms with Crippen LogP contribution in [0.1, 0.15) is 18.9 Å². The van der Waals surface area contributed by atoms with Gasteiger partial charge in [-0.1, -0.05) is 0 Å². The van der Waals surface area contributed by atoms with Crippen LogP contribution >= 0.6 is 11.3 Å². The summed E-state index contributed by atoms with van der Waals surface area (Å²) in [7, 11) is 0. The van der Waals surface area contributed by atoms with Crippen LogP contribution in [0.4, 0.5) is 5.00 Å². The number of nitrogens with zero attached hydrogens (tertiary/aromatic N) is 4. The van der Waals surface area contributed by atoms with E-state index in [0.717, 1.165) is 59.0 Å². The van der Waals surface area contributed by atoms with E-state index < -0.39 is 0 Å². The van der Waals surface area contributed by atoms with E-state index in [1.165, 1.54) is 10.0 Å². The molecule has 0 spiro atoms. The van der Waals surface area contributed by atoms with Crippen LogP contribution in [0.3, 0.4) is 0 Å². The van der Waals surface area contributed by atoms with Gasteiger partial charge in [0.15, 0.2) is 0 Å². The molecule has 1 aromatic rings. The Kier molecular flexibility index (Phi) is 5.11. The zero-order valence-electron chi connectivity index (χ0n) is 13.1. The first-order valence-corrected chi connectivity index (χ1v) is 8.78. The zero-order valence-corrected chi connectivity index (χ0v) is 13.9. The molecule has 0 saturated carbocycles. The lowest BCUT2D eigenvalue weighted by Crippen LogP contribution is -2.48. The molecular formula is C15H26N4OS. The average Bonchev–Trinajstić information content (AvgIpc) is 2.97. The standard InChI is InChI=1S/C15H26N4OS/c1-13(2)18-3-5-19(6-4-18)15-11-16-14(21-15)12-17-7-9-20-10-8-17/h11,13H,3-10,12H2,1-2H3. The Morgan fingerprint density at radius 2 is 1.86 bits per heavy atom. The molecule has 2 saturated heterocycles. The van der Waals surface area contributed by atoms with Crippen molar-refractivity contribution in [2.75, 3.05) is 57.4 Å². The van der Waals surface area contributed by atoms with Gasteiger partial charge in [0.25, 0.3) is 0 Å². The molecule has 0 bridgehead atoms. The number of aromatic nitrogens is 1. The topological polar surface area (TPSA) is 31.8 Å². The third kappa shape index (κ3) is 3.94. The maximum Gasteiger partial charge on any atom is 0.111 e. The highest BCUT2D eigenvalue weighted by atomic mass is 32.1. The van der Waals surface area contributed by atoms with Gasteiger partial charge in [0.05, 0.1) is 26.0 Å². The molecule has 0 aliphatic carbocycles. The third-order valence-corrected chi connectivity index (χ3v) is 5.40. The maximum atomic E-state index is 5.40. The Morgan fingerprint density at radius 3 is 2.52 bits per heavy atom. The Balaban J connectivity index is 1.53. The van der Waals surface area contributed by atoms with Crippen LogP contribution in [0, 0.1) is 0 Å². The lowest BCUT2D eigenvalue weighted by Gasteiger charge is -2.37. The second-order valence-corrected chi connectivity index (χ2v) is 7.19. The summed E-state index contributed by atoms with van der Waals surface area (Å²) in [6.07, 6.45) is 2.06. The van der Waals surface area contributed by atoms with Gasteiger partial charge in [-0.2, -0.15) is 0 Å². The van der Waals surface area contributed by atoms with Crippen LogP contribution in [0.15, 0.2) is 6.20 Å². The fraction of sp³-hybridized carbons (Fsp3) is 0.800. The Labute approximate surface area is 131 Å². The van der Waals surface area contributed by atoms with Crippen LogP contribution < -0.4 is 4.90 Å². The molecule has 2 fully saturated rings. The van der Waals surface area contributed by atoms with Gasteiger partial charge in [-0.05, 0) is 13.8 Å². The van der Waals surface area contributed by atoms with E-state index in [-0.39, 0.29) is 0 Å². The predicted octanol–water partition coefficient (Wildman–Crippen LogP) is 1.51. The zero-order chi connectivity index (χ0) is 14.7. The first kappa shape index (κ1) is 15.2. The molecule has 21 heavy (non-hydrogen) atoms. The minimum atomic E-state index is 0.658. The second-order valence-electron chi connectivity index (χ2n) is 6.10. The number of anilines is 1. The summed E-state index contributed by atoms with van der Waals surface area (Å²) in [6.45, 7) is 13.9. The highest BCUT2D eigenvalue weighted by Crippen LogP contribution is 2.26. The molecule has 3 rings (SSSR count). The van der Waals surface area contributed by atoms with Gasteiger partial charge in [-0.15, -0.1) is 11.3 Å². The average molecular weight is 310 g/mol. The molecule has 2 aliphatic rings. The van der Waals surface area contributed by atoms with E-state index in [1.807, 2.05) is 11.3 Å². The first-order chi connectivity index (χ1) is 10.2. The summed E-state index contributed by atoms with van der Waals surface area (Å²) in [4.78, 5) is 12.1. The summed E-state index contributed by atoms with van der Waals surface area (Å²) < 4.78 is 5.40. The molecule has 1 aromatic heterocycles. The molecule has 0 N–H and O–H groups in total. The van der Waals surface area contributed by atoms with Crippen molar-refractivity contribution in [3.8, 4) is 0 Å². The second kappa shape index (κ2) is 7.05. The molecule has 0 unspecified atom stereocenters. The number of rotatable bonds is 4. The van der Waals surface area contributed by atoms with E-state index >= 15 is 0 Å². The Morgan fingerprint density at radius 1 is 1.14 bits per heavy atom. The van der Waals surface area contributed by atoms with Crippen molar-refractivity contribution in [3.05, 3.63) is 11.2 Å². The Hall–Kier alpha value is -0.690. The lowest BCUT2D eigenvalue weighted by atomic mass is 10.2. The molecular weight excluding hydrogens is 284 g/mol. The minimum absolute atomic E-state index is 0.658. The summed E-state index contributed by atoms with van der Waals surface area (Å²) in [5, 5.41) is 2.57. The van der Waals surface area contributed by atoms with Gasteiger partial charge in [-0.25, -0.2) is 4.98 Å². The van der Waals surface area contributed by atoms with Crippen LogP contribution in [-0.2, 0) is 11.3 Å². The molecule has 0 aromatic carbocycles. The molecule has 3 heterocycles. The van der Waals surface area contributed by atoms with Crippen molar-refractivity contribution in [2.24, 2.45) is 0 Å².